The molecule has 0 saturated carbocycles. The summed E-state index contributed by atoms with van der Waals surface area (Å²) in [7, 11) is 0. The number of hydrogen-bond acceptors (Lipinski definition) is 5. The van der Waals surface area contributed by atoms with Gasteiger partial charge in [-0.2, -0.15) is 0 Å². The number of benzene rings is 2. The van der Waals surface area contributed by atoms with Crippen molar-refractivity contribution in [2.75, 3.05) is 36.4 Å². The third-order valence-corrected chi connectivity index (χ3v) is 6.34. The summed E-state index contributed by atoms with van der Waals surface area (Å²) in [4.78, 5) is 21.4. The molecule has 6 nitrogen and oxygen atoms in total. The van der Waals surface area contributed by atoms with Crippen LogP contribution >= 0.6 is 0 Å². The molecule has 3 heterocycles. The van der Waals surface area contributed by atoms with Gasteiger partial charge in [-0.3, -0.25) is 9.69 Å². The van der Waals surface area contributed by atoms with Crippen LogP contribution in [0.25, 0.3) is 0 Å². The first-order valence-corrected chi connectivity index (χ1v) is 11.2. The van der Waals surface area contributed by atoms with E-state index in [-0.39, 0.29) is 5.91 Å². The van der Waals surface area contributed by atoms with Crippen molar-refractivity contribution in [2.24, 2.45) is 0 Å². The number of carbonyl (C=O) groups excluding carboxylic acids is 1. The summed E-state index contributed by atoms with van der Waals surface area (Å²) in [5, 5.41) is 13.7. The first-order valence-electron chi connectivity index (χ1n) is 11.2. The number of aliphatic hydroxyl groups is 1. The Balaban J connectivity index is 1.13. The second-order valence-corrected chi connectivity index (χ2v) is 8.56. The monoisotopic (exact) mass is 428 g/mol. The largest absolute Gasteiger partial charge is 0.390 e. The second kappa shape index (κ2) is 9.10. The molecule has 0 aliphatic carbocycles. The van der Waals surface area contributed by atoms with Crippen LogP contribution in [-0.4, -0.2) is 53.2 Å². The molecule has 0 bridgehead atoms. The number of rotatable bonds is 6. The maximum absolute atomic E-state index is 12.9. The third-order valence-electron chi connectivity index (χ3n) is 6.34. The van der Waals surface area contributed by atoms with E-state index in [1.165, 1.54) is 16.7 Å². The molecule has 1 aromatic heterocycles. The molecule has 0 saturated heterocycles. The molecule has 3 aromatic rings. The van der Waals surface area contributed by atoms with E-state index in [4.69, 9.17) is 0 Å². The molecule has 1 atom stereocenters. The van der Waals surface area contributed by atoms with Crippen molar-refractivity contribution < 1.29 is 9.90 Å². The van der Waals surface area contributed by atoms with E-state index in [2.05, 4.69) is 45.5 Å². The van der Waals surface area contributed by atoms with Gasteiger partial charge in [0.05, 0.1) is 11.7 Å². The first kappa shape index (κ1) is 20.7. The van der Waals surface area contributed by atoms with Gasteiger partial charge >= 0.3 is 0 Å². The van der Waals surface area contributed by atoms with Gasteiger partial charge in [0.15, 0.2) is 0 Å². The SMILES string of the molecule is O=C(c1ccc(NCC(O)CN2CCc3ccccc3C2)nc1)N1CCc2ccccc21. The number of aromatic nitrogens is 1. The molecule has 2 aliphatic rings. The number of anilines is 2. The summed E-state index contributed by atoms with van der Waals surface area (Å²) >= 11 is 0. The first-order chi connectivity index (χ1) is 15.7. The van der Waals surface area contributed by atoms with Gasteiger partial charge in [-0.25, -0.2) is 4.98 Å². The van der Waals surface area contributed by atoms with Gasteiger partial charge in [0, 0.05) is 44.6 Å². The molecular weight excluding hydrogens is 400 g/mol. The van der Waals surface area contributed by atoms with Crippen LogP contribution in [-0.2, 0) is 19.4 Å². The van der Waals surface area contributed by atoms with Crippen LogP contribution in [0.5, 0.6) is 0 Å². The summed E-state index contributed by atoms with van der Waals surface area (Å²) in [6.45, 7) is 3.57. The van der Waals surface area contributed by atoms with Crippen LogP contribution in [0.15, 0.2) is 66.9 Å². The van der Waals surface area contributed by atoms with Gasteiger partial charge in [-0.15, -0.1) is 0 Å². The summed E-state index contributed by atoms with van der Waals surface area (Å²) in [6.07, 6.45) is 3.02. The van der Waals surface area contributed by atoms with Crippen molar-refractivity contribution >= 4 is 17.4 Å². The zero-order valence-corrected chi connectivity index (χ0v) is 18.1. The van der Waals surface area contributed by atoms with Crippen LogP contribution in [0.2, 0.25) is 0 Å². The van der Waals surface area contributed by atoms with E-state index in [1.54, 1.807) is 18.3 Å². The van der Waals surface area contributed by atoms with E-state index < -0.39 is 6.10 Å². The van der Waals surface area contributed by atoms with E-state index in [9.17, 15) is 9.90 Å². The molecule has 2 N–H and O–H groups in total. The number of amides is 1. The average Bonchev–Trinajstić information content (AvgIpc) is 3.27. The lowest BCUT2D eigenvalue weighted by Gasteiger charge is -2.30. The Bertz CT molecular complexity index is 1100. The summed E-state index contributed by atoms with van der Waals surface area (Å²) in [5.74, 6) is 0.630. The number of fused-ring (bicyclic) bond motifs is 2. The van der Waals surface area contributed by atoms with Crippen molar-refractivity contribution in [1.29, 1.82) is 0 Å². The van der Waals surface area contributed by atoms with E-state index in [0.717, 1.165) is 31.6 Å². The van der Waals surface area contributed by atoms with Gasteiger partial charge in [0.1, 0.15) is 5.82 Å². The Morgan fingerprint density at radius 2 is 1.72 bits per heavy atom. The fraction of sp³-hybridized carbons (Fsp3) is 0.308. The lowest BCUT2D eigenvalue weighted by molar-refractivity contribution is 0.0989. The zero-order chi connectivity index (χ0) is 21.9. The highest BCUT2D eigenvalue weighted by atomic mass is 16.3. The average molecular weight is 429 g/mol. The molecule has 0 radical (unpaired) electrons. The van der Waals surface area contributed by atoms with Crippen molar-refractivity contribution in [3.05, 3.63) is 89.1 Å². The van der Waals surface area contributed by atoms with Crippen LogP contribution in [0.4, 0.5) is 11.5 Å². The maximum Gasteiger partial charge on any atom is 0.259 e. The highest BCUT2D eigenvalue weighted by molar-refractivity contribution is 6.07. The van der Waals surface area contributed by atoms with Crippen molar-refractivity contribution in [3.8, 4) is 0 Å². The minimum absolute atomic E-state index is 0.0283. The predicted molar refractivity (Wildman–Crippen MR) is 126 cm³/mol. The van der Waals surface area contributed by atoms with Gasteiger partial charge < -0.3 is 15.3 Å². The summed E-state index contributed by atoms with van der Waals surface area (Å²) in [6, 6.07) is 20.1. The number of β-amino-alcohol motifs (C(OH)–C–C–N with tert-alkyl or cyclic N) is 1. The number of para-hydroxylation sites is 1. The van der Waals surface area contributed by atoms with Crippen LogP contribution < -0.4 is 10.2 Å². The smallest absolute Gasteiger partial charge is 0.259 e. The molecule has 2 aliphatic heterocycles. The molecule has 5 rings (SSSR count). The number of aliphatic hydroxyl groups excluding tert-OH is 1. The highest BCUT2D eigenvalue weighted by Crippen LogP contribution is 2.28. The topological polar surface area (TPSA) is 68.7 Å². The Morgan fingerprint density at radius 3 is 2.53 bits per heavy atom. The molecule has 1 unspecified atom stereocenters. The Morgan fingerprint density at radius 1 is 0.969 bits per heavy atom. The molecule has 6 heteroatoms. The molecule has 1 amide bonds. The number of pyridine rings is 1. The molecule has 0 fully saturated rings. The molecular formula is C26H28N4O2. The van der Waals surface area contributed by atoms with Crippen molar-refractivity contribution in [1.82, 2.24) is 9.88 Å². The molecule has 32 heavy (non-hydrogen) atoms. The molecule has 0 spiro atoms. The van der Waals surface area contributed by atoms with E-state index in [0.29, 0.717) is 31.0 Å². The normalized spacial score (nSPS) is 16.3. The quantitative estimate of drug-likeness (QED) is 0.632. The van der Waals surface area contributed by atoms with Gasteiger partial charge in [0.25, 0.3) is 5.91 Å². The third kappa shape index (κ3) is 4.38. The minimum atomic E-state index is -0.496. The van der Waals surface area contributed by atoms with Crippen LogP contribution in [0.3, 0.4) is 0 Å². The minimum Gasteiger partial charge on any atom is -0.390 e. The second-order valence-electron chi connectivity index (χ2n) is 8.56. The maximum atomic E-state index is 12.9. The predicted octanol–water partition coefficient (Wildman–Crippen LogP) is 3.12. The lowest BCUT2D eigenvalue weighted by Crippen LogP contribution is -2.39. The summed E-state index contributed by atoms with van der Waals surface area (Å²) in [5.41, 5.74) is 5.52. The van der Waals surface area contributed by atoms with E-state index >= 15 is 0 Å². The fourth-order valence-corrected chi connectivity index (χ4v) is 4.62. The van der Waals surface area contributed by atoms with Crippen LogP contribution in [0.1, 0.15) is 27.0 Å². The highest BCUT2D eigenvalue weighted by Gasteiger charge is 2.25. The number of nitrogens with one attached hydrogen (secondary N) is 1. The van der Waals surface area contributed by atoms with Crippen molar-refractivity contribution in [3.63, 3.8) is 0 Å². The van der Waals surface area contributed by atoms with Crippen molar-refractivity contribution in [2.45, 2.75) is 25.5 Å². The van der Waals surface area contributed by atoms with Gasteiger partial charge in [-0.05, 0) is 47.7 Å². The Hall–Kier alpha value is -3.22. The van der Waals surface area contributed by atoms with E-state index in [1.807, 2.05) is 23.1 Å². The zero-order valence-electron chi connectivity index (χ0n) is 18.1. The van der Waals surface area contributed by atoms with Crippen LogP contribution in [0, 0.1) is 0 Å². The Labute approximate surface area is 188 Å². The molecule has 2 aromatic carbocycles. The lowest BCUT2D eigenvalue weighted by atomic mass is 10.00. The summed E-state index contributed by atoms with van der Waals surface area (Å²) < 4.78 is 0. The van der Waals surface area contributed by atoms with Gasteiger partial charge in [-0.1, -0.05) is 42.5 Å². The number of carbonyl (C=O) groups is 1. The Kier molecular flexibility index (Phi) is 5.88. The standard InChI is InChI=1S/C26H28N4O2/c31-23(18-29-13-11-19-5-1-2-7-22(19)17-29)16-28-25-10-9-21(15-27-25)26(32)30-14-12-20-6-3-4-8-24(20)30/h1-10,15,23,31H,11-14,16-18H2,(H,27,28). The number of hydrogen-bond donors (Lipinski definition) is 2. The molecule has 164 valence electrons. The number of nitrogens with zero attached hydrogens (tertiary/aromatic N) is 3. The van der Waals surface area contributed by atoms with Gasteiger partial charge in [0.2, 0.25) is 0 Å². The fourth-order valence-electron chi connectivity index (χ4n) is 4.62.